The lowest BCUT2D eigenvalue weighted by Crippen LogP contribution is -2.58. The summed E-state index contributed by atoms with van der Waals surface area (Å²) in [5, 5.41) is 15.2. The number of fused-ring (bicyclic) bond motifs is 1. The quantitative estimate of drug-likeness (QED) is 0.754. The van der Waals surface area contributed by atoms with Crippen molar-refractivity contribution in [1.82, 2.24) is 30.7 Å². The van der Waals surface area contributed by atoms with Gasteiger partial charge in [0.05, 0.1) is 17.2 Å². The molecule has 1 saturated carbocycles. The van der Waals surface area contributed by atoms with E-state index in [1.54, 1.807) is 6.20 Å². The molecule has 2 aromatic rings. The molecule has 3 aliphatic rings. The first kappa shape index (κ1) is 17.7. The number of thiazole rings is 1. The van der Waals surface area contributed by atoms with Crippen molar-refractivity contribution in [2.24, 2.45) is 0 Å². The van der Waals surface area contributed by atoms with Gasteiger partial charge in [-0.1, -0.05) is 0 Å². The molecule has 2 aromatic heterocycles. The standard InChI is InChI=1S/C18H22N6O3S/c1-9-19-7-14(28-9)17(26)21-11-4-13-16(25)20-6-12(24(13)8-11)5-15-22-23-18(27-15)10-2-3-10/h7,10-13H,2-6,8H2,1H3,(H,20,25)(H,21,26)/t11-,12+,13-/m0/s1. The van der Waals surface area contributed by atoms with E-state index in [1.165, 1.54) is 11.3 Å². The normalized spacial score (nSPS) is 27.5. The minimum atomic E-state index is -0.238. The zero-order chi connectivity index (χ0) is 19.3. The number of aromatic nitrogens is 3. The molecule has 1 aliphatic carbocycles. The van der Waals surface area contributed by atoms with Gasteiger partial charge < -0.3 is 15.1 Å². The molecule has 10 heteroatoms. The number of carbonyl (C=O) groups excluding carboxylic acids is 2. The second kappa shape index (κ2) is 6.93. The van der Waals surface area contributed by atoms with Gasteiger partial charge in [-0.2, -0.15) is 0 Å². The molecule has 9 nitrogen and oxygen atoms in total. The third-order valence-corrected chi connectivity index (χ3v) is 6.53. The van der Waals surface area contributed by atoms with Crippen LogP contribution in [0.25, 0.3) is 0 Å². The highest BCUT2D eigenvalue weighted by Crippen LogP contribution is 2.39. The van der Waals surface area contributed by atoms with Gasteiger partial charge in [-0.05, 0) is 26.2 Å². The monoisotopic (exact) mass is 402 g/mol. The van der Waals surface area contributed by atoms with Crippen LogP contribution in [0.3, 0.4) is 0 Å². The molecule has 2 N–H and O–H groups in total. The first-order chi connectivity index (χ1) is 13.6. The summed E-state index contributed by atoms with van der Waals surface area (Å²) in [5.41, 5.74) is 0. The fourth-order valence-electron chi connectivity index (χ4n) is 4.04. The Balaban J connectivity index is 1.25. The Morgan fingerprint density at radius 1 is 1.43 bits per heavy atom. The number of hydrogen-bond donors (Lipinski definition) is 2. The number of hydrogen-bond acceptors (Lipinski definition) is 8. The summed E-state index contributed by atoms with van der Waals surface area (Å²) in [5.74, 6) is 1.68. The Hall–Kier alpha value is -2.33. The second-order valence-electron chi connectivity index (χ2n) is 7.77. The first-order valence-corrected chi connectivity index (χ1v) is 10.5. The third kappa shape index (κ3) is 3.42. The van der Waals surface area contributed by atoms with Crippen LogP contribution >= 0.6 is 11.3 Å². The summed E-state index contributed by atoms with van der Waals surface area (Å²) in [6.07, 6.45) is 5.04. The van der Waals surface area contributed by atoms with Crippen molar-refractivity contribution in [3.63, 3.8) is 0 Å². The maximum Gasteiger partial charge on any atom is 0.263 e. The molecule has 0 bridgehead atoms. The highest BCUT2D eigenvalue weighted by Gasteiger charge is 2.44. The van der Waals surface area contributed by atoms with E-state index in [1.807, 2.05) is 6.92 Å². The van der Waals surface area contributed by atoms with Gasteiger partial charge in [-0.3, -0.25) is 14.5 Å². The zero-order valence-electron chi connectivity index (χ0n) is 15.6. The lowest BCUT2D eigenvalue weighted by molar-refractivity contribution is -0.129. The minimum Gasteiger partial charge on any atom is -0.425 e. The average molecular weight is 402 g/mol. The third-order valence-electron chi connectivity index (χ3n) is 5.62. The molecule has 3 atom stereocenters. The van der Waals surface area contributed by atoms with Crippen LogP contribution in [0.2, 0.25) is 0 Å². The molecule has 4 heterocycles. The summed E-state index contributed by atoms with van der Waals surface area (Å²) < 4.78 is 5.80. The molecule has 0 aromatic carbocycles. The SMILES string of the molecule is Cc1ncc(C(=O)N[C@H]2C[C@H]3C(=O)NC[C@@H](Cc4nnc(C5CC5)o4)N3C2)s1. The average Bonchev–Trinajstić information content (AvgIpc) is 3.05. The fourth-order valence-corrected chi connectivity index (χ4v) is 4.72. The Morgan fingerprint density at radius 2 is 2.29 bits per heavy atom. The van der Waals surface area contributed by atoms with Gasteiger partial charge in [0, 0.05) is 37.5 Å². The predicted molar refractivity (Wildman–Crippen MR) is 100.0 cm³/mol. The molecular formula is C18H22N6O3S. The van der Waals surface area contributed by atoms with Gasteiger partial charge in [0.2, 0.25) is 17.7 Å². The summed E-state index contributed by atoms with van der Waals surface area (Å²) >= 11 is 1.37. The topological polar surface area (TPSA) is 113 Å². The van der Waals surface area contributed by atoms with E-state index < -0.39 is 0 Å². The minimum absolute atomic E-state index is 0.0193. The second-order valence-corrected chi connectivity index (χ2v) is 9.01. The zero-order valence-corrected chi connectivity index (χ0v) is 16.4. The van der Waals surface area contributed by atoms with Gasteiger partial charge >= 0.3 is 0 Å². The van der Waals surface area contributed by atoms with E-state index in [0.29, 0.717) is 42.6 Å². The Bertz CT molecular complexity index is 907. The molecular weight excluding hydrogens is 380 g/mol. The Morgan fingerprint density at radius 3 is 3.04 bits per heavy atom. The van der Waals surface area contributed by atoms with Crippen LogP contribution in [0.15, 0.2) is 10.6 Å². The van der Waals surface area contributed by atoms with Crippen molar-refractivity contribution in [2.45, 2.75) is 56.7 Å². The number of carbonyl (C=O) groups is 2. The first-order valence-electron chi connectivity index (χ1n) is 9.66. The summed E-state index contributed by atoms with van der Waals surface area (Å²) in [7, 11) is 0. The van der Waals surface area contributed by atoms with Crippen LogP contribution in [0.4, 0.5) is 0 Å². The van der Waals surface area contributed by atoms with Crippen molar-refractivity contribution >= 4 is 23.2 Å². The van der Waals surface area contributed by atoms with Crippen molar-refractivity contribution in [3.05, 3.63) is 27.9 Å². The highest BCUT2D eigenvalue weighted by atomic mass is 32.1. The van der Waals surface area contributed by atoms with Gasteiger partial charge in [-0.25, -0.2) is 4.98 Å². The number of nitrogens with zero attached hydrogens (tertiary/aromatic N) is 4. The van der Waals surface area contributed by atoms with Gasteiger partial charge in [-0.15, -0.1) is 21.5 Å². The Kier molecular flexibility index (Phi) is 4.39. The number of rotatable bonds is 5. The van der Waals surface area contributed by atoms with E-state index in [4.69, 9.17) is 4.42 Å². The molecule has 28 heavy (non-hydrogen) atoms. The smallest absolute Gasteiger partial charge is 0.263 e. The van der Waals surface area contributed by atoms with Crippen molar-refractivity contribution in [2.75, 3.05) is 13.1 Å². The van der Waals surface area contributed by atoms with E-state index in [-0.39, 0.29) is 29.9 Å². The maximum atomic E-state index is 12.5. The van der Waals surface area contributed by atoms with E-state index in [0.717, 1.165) is 23.7 Å². The van der Waals surface area contributed by atoms with Crippen LogP contribution in [0.5, 0.6) is 0 Å². The Labute approximate surface area is 165 Å². The van der Waals surface area contributed by atoms with Crippen molar-refractivity contribution < 1.29 is 14.0 Å². The molecule has 0 unspecified atom stereocenters. The molecule has 2 amide bonds. The van der Waals surface area contributed by atoms with Crippen LogP contribution in [0.1, 0.15) is 51.6 Å². The van der Waals surface area contributed by atoms with Gasteiger partial charge in [0.25, 0.3) is 5.91 Å². The molecule has 0 spiro atoms. The lowest BCUT2D eigenvalue weighted by atomic mass is 10.1. The van der Waals surface area contributed by atoms with Crippen molar-refractivity contribution in [3.8, 4) is 0 Å². The molecule has 148 valence electrons. The van der Waals surface area contributed by atoms with Crippen LogP contribution in [-0.2, 0) is 11.2 Å². The van der Waals surface area contributed by atoms with E-state index >= 15 is 0 Å². The fraction of sp³-hybridized carbons (Fsp3) is 0.611. The molecule has 2 saturated heterocycles. The number of nitrogens with one attached hydrogen (secondary N) is 2. The van der Waals surface area contributed by atoms with Gasteiger partial charge in [0.15, 0.2) is 0 Å². The number of aryl methyl sites for hydroxylation is 1. The molecule has 2 aliphatic heterocycles. The van der Waals surface area contributed by atoms with Gasteiger partial charge in [0.1, 0.15) is 4.88 Å². The van der Waals surface area contributed by atoms with Crippen molar-refractivity contribution in [1.29, 1.82) is 0 Å². The van der Waals surface area contributed by atoms with E-state index in [2.05, 4.69) is 30.7 Å². The maximum absolute atomic E-state index is 12.5. The number of amides is 2. The summed E-state index contributed by atoms with van der Waals surface area (Å²) in [6.45, 7) is 3.06. The van der Waals surface area contributed by atoms with Crippen LogP contribution in [-0.4, -0.2) is 63.1 Å². The lowest BCUT2D eigenvalue weighted by Gasteiger charge is -2.36. The predicted octanol–water partition coefficient (Wildman–Crippen LogP) is 0.626. The molecule has 3 fully saturated rings. The summed E-state index contributed by atoms with van der Waals surface area (Å²) in [4.78, 5) is 31.7. The largest absolute Gasteiger partial charge is 0.425 e. The van der Waals surface area contributed by atoms with Crippen LogP contribution < -0.4 is 10.6 Å². The summed E-state index contributed by atoms with van der Waals surface area (Å²) in [6, 6.07) is -0.225. The highest BCUT2D eigenvalue weighted by molar-refractivity contribution is 7.13. The molecule has 0 radical (unpaired) electrons. The molecule has 5 rings (SSSR count). The number of piperazine rings is 1. The van der Waals surface area contributed by atoms with E-state index in [9.17, 15) is 9.59 Å². The van der Waals surface area contributed by atoms with Crippen LogP contribution in [0, 0.1) is 6.92 Å².